The first kappa shape index (κ1) is 20.7. The first-order chi connectivity index (χ1) is 9.76. The topological polar surface area (TPSA) is 52.6 Å². The third-order valence-electron chi connectivity index (χ3n) is 2.65. The van der Waals surface area contributed by atoms with Gasteiger partial charge < -0.3 is 26.4 Å². The molecule has 0 radical (unpaired) electrons. The number of nitrogens with zero attached hydrogens (tertiary/aromatic N) is 1. The van der Waals surface area contributed by atoms with Gasteiger partial charge in [0.05, 0.1) is 27.6 Å². The smallest absolute Gasteiger partial charge is 0.404 e. The second-order valence-corrected chi connectivity index (χ2v) is 6.11. The highest BCUT2D eigenvalue weighted by atomic mass is 35.5. The molecule has 0 N–H and O–H groups in total. The van der Waals surface area contributed by atoms with Crippen LogP contribution in [0.2, 0.25) is 0 Å². The molecule has 22 heavy (non-hydrogen) atoms. The Labute approximate surface area is 142 Å². The van der Waals surface area contributed by atoms with E-state index >= 15 is 0 Å². The van der Waals surface area contributed by atoms with Gasteiger partial charge in [0.2, 0.25) is 0 Å². The molecule has 1 rings (SSSR count). The Balaban J connectivity index is 0.00000441. The van der Waals surface area contributed by atoms with Crippen LogP contribution in [0.15, 0.2) is 30.3 Å². The van der Waals surface area contributed by atoms with E-state index in [2.05, 4.69) is 0 Å². The van der Waals surface area contributed by atoms with Crippen LogP contribution in [0.3, 0.4) is 0 Å². The number of hydrogen-bond donors (Lipinski definition) is 0. The molecule has 0 unspecified atom stereocenters. The van der Waals surface area contributed by atoms with Crippen molar-refractivity contribution in [3.63, 3.8) is 0 Å². The van der Waals surface area contributed by atoms with Crippen molar-refractivity contribution in [1.82, 2.24) is 0 Å². The molecule has 0 aliphatic carbocycles. The van der Waals surface area contributed by atoms with Crippen molar-refractivity contribution in [2.75, 3.05) is 27.7 Å². The molecule has 0 saturated carbocycles. The normalized spacial score (nSPS) is 12.0. The Bertz CT molecular complexity index is 474. The minimum Gasteiger partial charge on any atom is -1.00 e. The summed E-state index contributed by atoms with van der Waals surface area (Å²) in [5.74, 6) is -0.421. The lowest BCUT2D eigenvalue weighted by molar-refractivity contribution is -0.873. The Kier molecular flexibility index (Phi) is 9.09. The summed E-state index contributed by atoms with van der Waals surface area (Å²) in [6, 6.07) is 9.38. The standard InChI is InChI=1S/C15H21ClNO4.ClH/c1-17(2,3)10-13(21-15(16)19)9-14(18)20-11-12-7-5-4-6-8-12;/h4-8,13H,9-11H2,1-3H3;1H/q+1;/p-1/t13-;/m0./s1. The zero-order chi connectivity index (χ0) is 15.9. The van der Waals surface area contributed by atoms with Crippen molar-refractivity contribution in [3.05, 3.63) is 35.9 Å². The Morgan fingerprint density at radius 1 is 1.18 bits per heavy atom. The molecule has 1 aromatic rings. The molecule has 0 saturated heterocycles. The maximum atomic E-state index is 11.8. The maximum Gasteiger partial charge on any atom is 0.404 e. The maximum absolute atomic E-state index is 11.8. The number of rotatable bonds is 7. The summed E-state index contributed by atoms with van der Waals surface area (Å²) in [6.07, 6.45) is -0.612. The Morgan fingerprint density at radius 2 is 1.77 bits per heavy atom. The fourth-order valence-electron chi connectivity index (χ4n) is 1.87. The number of halogens is 2. The molecule has 1 aromatic carbocycles. The first-order valence-corrected chi connectivity index (χ1v) is 7.00. The van der Waals surface area contributed by atoms with Crippen LogP contribution in [0.4, 0.5) is 4.79 Å². The largest absolute Gasteiger partial charge is 1.00 e. The Morgan fingerprint density at radius 3 is 2.27 bits per heavy atom. The van der Waals surface area contributed by atoms with Crippen LogP contribution >= 0.6 is 11.6 Å². The van der Waals surface area contributed by atoms with Gasteiger partial charge >= 0.3 is 11.4 Å². The van der Waals surface area contributed by atoms with E-state index in [1.165, 1.54) is 0 Å². The predicted molar refractivity (Wildman–Crippen MR) is 79.9 cm³/mol. The first-order valence-electron chi connectivity index (χ1n) is 6.62. The van der Waals surface area contributed by atoms with Gasteiger partial charge in [-0.2, -0.15) is 0 Å². The zero-order valence-electron chi connectivity index (χ0n) is 12.9. The lowest BCUT2D eigenvalue weighted by Crippen LogP contribution is -3.00. The van der Waals surface area contributed by atoms with Gasteiger partial charge in [-0.25, -0.2) is 4.79 Å². The van der Waals surface area contributed by atoms with Crippen LogP contribution in [-0.2, 0) is 20.9 Å². The van der Waals surface area contributed by atoms with E-state index in [0.29, 0.717) is 11.0 Å². The summed E-state index contributed by atoms with van der Waals surface area (Å²) >= 11 is 5.24. The van der Waals surface area contributed by atoms with Crippen LogP contribution in [0.5, 0.6) is 0 Å². The molecule has 124 valence electrons. The highest BCUT2D eigenvalue weighted by Crippen LogP contribution is 2.09. The molecule has 0 aliphatic heterocycles. The molecule has 1 atom stereocenters. The number of quaternary nitrogens is 1. The van der Waals surface area contributed by atoms with Crippen LogP contribution in [0.25, 0.3) is 0 Å². The average Bonchev–Trinajstić information content (AvgIpc) is 2.34. The lowest BCUT2D eigenvalue weighted by atomic mass is 10.2. The summed E-state index contributed by atoms with van der Waals surface area (Å²) in [5.41, 5.74) is -0.00681. The van der Waals surface area contributed by atoms with E-state index < -0.39 is 17.5 Å². The number of carbonyl (C=O) groups is 2. The molecule has 0 spiro atoms. The van der Waals surface area contributed by atoms with Gasteiger partial charge in [0.15, 0.2) is 6.10 Å². The third kappa shape index (κ3) is 9.60. The van der Waals surface area contributed by atoms with Crippen LogP contribution in [0, 0.1) is 0 Å². The molecule has 0 heterocycles. The highest BCUT2D eigenvalue weighted by Gasteiger charge is 2.25. The third-order valence-corrected chi connectivity index (χ3v) is 2.74. The van der Waals surface area contributed by atoms with Crippen LogP contribution in [0.1, 0.15) is 12.0 Å². The quantitative estimate of drug-likeness (QED) is 0.381. The van der Waals surface area contributed by atoms with Gasteiger partial charge in [0.1, 0.15) is 13.2 Å². The minimum absolute atomic E-state index is 0. The van der Waals surface area contributed by atoms with Crippen LogP contribution < -0.4 is 12.4 Å². The lowest BCUT2D eigenvalue weighted by Gasteiger charge is -2.28. The molecular weight excluding hydrogens is 329 g/mol. The van der Waals surface area contributed by atoms with Crippen molar-refractivity contribution in [1.29, 1.82) is 0 Å². The molecule has 0 aromatic heterocycles. The Hall–Kier alpha value is -1.30. The summed E-state index contributed by atoms with van der Waals surface area (Å²) in [6.45, 7) is 0.671. The number of likely N-dealkylation sites (N-methyl/N-ethyl adjacent to an activating group) is 1. The van der Waals surface area contributed by atoms with Crippen molar-refractivity contribution in [3.8, 4) is 0 Å². The van der Waals surface area contributed by atoms with Crippen molar-refractivity contribution in [2.24, 2.45) is 0 Å². The van der Waals surface area contributed by atoms with Gasteiger partial charge in [0, 0.05) is 11.6 Å². The molecule has 0 amide bonds. The van der Waals surface area contributed by atoms with Gasteiger partial charge in [-0.3, -0.25) is 4.79 Å². The van der Waals surface area contributed by atoms with E-state index in [1.54, 1.807) is 0 Å². The minimum atomic E-state index is -0.913. The van der Waals surface area contributed by atoms with Gasteiger partial charge in [0.25, 0.3) is 0 Å². The van der Waals surface area contributed by atoms with Crippen molar-refractivity contribution < 1.29 is 36.0 Å². The molecule has 0 bridgehead atoms. The van der Waals surface area contributed by atoms with Gasteiger partial charge in [-0.1, -0.05) is 30.3 Å². The second-order valence-electron chi connectivity index (χ2n) is 5.80. The SMILES string of the molecule is C[N+](C)(C)C[C@H](CC(=O)OCc1ccccc1)OC(=O)Cl.[Cl-]. The number of ether oxygens (including phenoxy) is 2. The van der Waals surface area contributed by atoms with E-state index in [4.69, 9.17) is 21.1 Å². The zero-order valence-corrected chi connectivity index (χ0v) is 14.4. The number of carbonyl (C=O) groups excluding carboxylic acids is 2. The highest BCUT2D eigenvalue weighted by molar-refractivity contribution is 6.61. The summed E-state index contributed by atoms with van der Waals surface area (Å²) in [5, 5.41) is 0. The van der Waals surface area contributed by atoms with E-state index in [1.807, 2.05) is 51.5 Å². The van der Waals surface area contributed by atoms with Crippen LogP contribution in [-0.4, -0.2) is 49.7 Å². The molecule has 5 nitrogen and oxygen atoms in total. The van der Waals surface area contributed by atoms with E-state index in [9.17, 15) is 9.59 Å². The summed E-state index contributed by atoms with van der Waals surface area (Å²) in [4.78, 5) is 22.7. The fourth-order valence-corrected chi connectivity index (χ4v) is 1.99. The fraction of sp³-hybridized carbons (Fsp3) is 0.467. The van der Waals surface area contributed by atoms with Gasteiger partial charge in [-0.15, -0.1) is 0 Å². The predicted octanol–water partition coefficient (Wildman–Crippen LogP) is -0.426. The summed E-state index contributed by atoms with van der Waals surface area (Å²) in [7, 11) is 5.80. The number of esters is 1. The van der Waals surface area contributed by atoms with E-state index in [0.717, 1.165) is 5.56 Å². The molecule has 0 fully saturated rings. The van der Waals surface area contributed by atoms with Crippen molar-refractivity contribution in [2.45, 2.75) is 19.1 Å². The number of benzene rings is 1. The van der Waals surface area contributed by atoms with Crippen molar-refractivity contribution >= 4 is 23.0 Å². The number of hydrogen-bond acceptors (Lipinski definition) is 4. The molecule has 7 heteroatoms. The molecular formula is C15H21Cl2NO4. The summed E-state index contributed by atoms with van der Waals surface area (Å²) < 4.78 is 10.7. The molecule has 0 aliphatic rings. The van der Waals surface area contributed by atoms with Gasteiger partial charge in [-0.05, 0) is 5.56 Å². The monoisotopic (exact) mass is 349 g/mol. The van der Waals surface area contributed by atoms with E-state index in [-0.39, 0.29) is 25.4 Å². The second kappa shape index (κ2) is 9.66. The average molecular weight is 350 g/mol.